The highest BCUT2D eigenvalue weighted by Crippen LogP contribution is 2.18. The molecule has 2 amide bonds. The molecule has 1 N–H and O–H groups in total. The first-order valence-electron chi connectivity index (χ1n) is 5.49. The summed E-state index contributed by atoms with van der Waals surface area (Å²) in [7, 11) is 0. The number of non-ortho nitro benzene ring substituents is 1. The molecule has 7 nitrogen and oxygen atoms in total. The van der Waals surface area contributed by atoms with Gasteiger partial charge in [-0.1, -0.05) is 0 Å². The van der Waals surface area contributed by atoms with E-state index in [4.69, 9.17) is 0 Å². The summed E-state index contributed by atoms with van der Waals surface area (Å²) in [6.45, 7) is 0.440. The Hall–Kier alpha value is -2.51. The number of nitro benzene ring substituents is 1. The highest BCUT2D eigenvalue weighted by molar-refractivity contribution is 5.97. The number of hydrogen-bond donors (Lipinski definition) is 1. The number of rotatable bonds is 2. The molecule has 0 radical (unpaired) electrons. The van der Waals surface area contributed by atoms with Gasteiger partial charge in [0.25, 0.3) is 11.6 Å². The second-order valence-electron chi connectivity index (χ2n) is 4.00. The van der Waals surface area contributed by atoms with E-state index in [0.717, 1.165) is 12.1 Å². The third-order valence-electron chi connectivity index (χ3n) is 2.72. The van der Waals surface area contributed by atoms with Crippen molar-refractivity contribution < 1.29 is 18.9 Å². The monoisotopic (exact) mass is 267 g/mol. The first kappa shape index (κ1) is 12.9. The van der Waals surface area contributed by atoms with E-state index in [2.05, 4.69) is 5.32 Å². The minimum atomic E-state index is -0.967. The highest BCUT2D eigenvalue weighted by Gasteiger charge is 2.25. The van der Waals surface area contributed by atoms with Crippen LogP contribution in [0, 0.1) is 15.9 Å². The van der Waals surface area contributed by atoms with Crippen LogP contribution in [-0.4, -0.2) is 41.3 Å². The smallest absolute Gasteiger partial charge is 0.272 e. The number of halogens is 1. The Balaban J connectivity index is 2.24. The maximum Gasteiger partial charge on any atom is 0.272 e. The van der Waals surface area contributed by atoms with Crippen LogP contribution < -0.4 is 5.32 Å². The Labute approximate surface area is 107 Å². The minimum Gasteiger partial charge on any atom is -0.353 e. The largest absolute Gasteiger partial charge is 0.353 e. The van der Waals surface area contributed by atoms with Crippen molar-refractivity contribution in [2.24, 2.45) is 0 Å². The molecule has 100 valence electrons. The van der Waals surface area contributed by atoms with Crippen molar-refractivity contribution in [3.05, 3.63) is 39.7 Å². The number of carbonyl (C=O) groups is 2. The van der Waals surface area contributed by atoms with Crippen molar-refractivity contribution in [1.82, 2.24) is 10.2 Å². The van der Waals surface area contributed by atoms with Crippen molar-refractivity contribution in [3.8, 4) is 0 Å². The van der Waals surface area contributed by atoms with Crippen molar-refractivity contribution in [3.63, 3.8) is 0 Å². The molecule has 1 aliphatic rings. The average molecular weight is 267 g/mol. The second kappa shape index (κ2) is 5.01. The Kier molecular flexibility index (Phi) is 3.41. The van der Waals surface area contributed by atoms with Gasteiger partial charge in [-0.05, 0) is 6.07 Å². The number of nitro groups is 1. The SMILES string of the molecule is O=C1CN(C(=O)c2ccc([N+](=O)[O-])cc2F)CCN1. The van der Waals surface area contributed by atoms with E-state index in [-0.39, 0.29) is 24.6 Å². The van der Waals surface area contributed by atoms with Gasteiger partial charge >= 0.3 is 0 Å². The van der Waals surface area contributed by atoms with E-state index in [9.17, 15) is 24.1 Å². The van der Waals surface area contributed by atoms with Crippen molar-refractivity contribution in [1.29, 1.82) is 0 Å². The Bertz CT molecular complexity index is 561. The molecule has 1 heterocycles. The van der Waals surface area contributed by atoms with E-state index in [0.29, 0.717) is 12.6 Å². The number of hydrogen-bond acceptors (Lipinski definition) is 4. The molecule has 0 aromatic heterocycles. The van der Waals surface area contributed by atoms with Gasteiger partial charge in [-0.15, -0.1) is 0 Å². The molecule has 1 saturated heterocycles. The number of nitrogens with one attached hydrogen (secondary N) is 1. The van der Waals surface area contributed by atoms with Gasteiger partial charge in [0.05, 0.1) is 23.1 Å². The summed E-state index contributed by atoms with van der Waals surface area (Å²) in [5.41, 5.74) is -0.703. The van der Waals surface area contributed by atoms with E-state index < -0.39 is 22.3 Å². The zero-order valence-electron chi connectivity index (χ0n) is 9.76. The first-order valence-corrected chi connectivity index (χ1v) is 5.49. The first-order chi connectivity index (χ1) is 8.99. The lowest BCUT2D eigenvalue weighted by Crippen LogP contribution is -2.50. The summed E-state index contributed by atoms with van der Waals surface area (Å²) < 4.78 is 13.7. The van der Waals surface area contributed by atoms with Crippen LogP contribution in [-0.2, 0) is 4.79 Å². The molecule has 8 heteroatoms. The van der Waals surface area contributed by atoms with Gasteiger partial charge in [0.2, 0.25) is 5.91 Å². The fraction of sp³-hybridized carbons (Fsp3) is 0.273. The van der Waals surface area contributed by atoms with Gasteiger partial charge < -0.3 is 10.2 Å². The zero-order chi connectivity index (χ0) is 14.0. The fourth-order valence-corrected chi connectivity index (χ4v) is 1.77. The lowest BCUT2D eigenvalue weighted by molar-refractivity contribution is -0.385. The average Bonchev–Trinajstić information content (AvgIpc) is 2.37. The minimum absolute atomic E-state index is 0.144. The van der Waals surface area contributed by atoms with Crippen LogP contribution in [0.15, 0.2) is 18.2 Å². The van der Waals surface area contributed by atoms with Gasteiger partial charge in [-0.3, -0.25) is 19.7 Å². The van der Waals surface area contributed by atoms with Crippen LogP contribution in [0.5, 0.6) is 0 Å². The molecule has 1 aromatic carbocycles. The predicted octanol–water partition coefficient (Wildman–Crippen LogP) is 0.306. The van der Waals surface area contributed by atoms with Crippen LogP contribution in [0.1, 0.15) is 10.4 Å². The number of piperazine rings is 1. The Morgan fingerprint density at radius 3 is 2.79 bits per heavy atom. The number of nitrogens with zero attached hydrogens (tertiary/aromatic N) is 2. The lowest BCUT2D eigenvalue weighted by Gasteiger charge is -2.26. The second-order valence-corrected chi connectivity index (χ2v) is 4.00. The fourth-order valence-electron chi connectivity index (χ4n) is 1.77. The third-order valence-corrected chi connectivity index (χ3v) is 2.72. The number of carbonyl (C=O) groups excluding carboxylic acids is 2. The quantitative estimate of drug-likeness (QED) is 0.616. The topological polar surface area (TPSA) is 92.5 Å². The van der Waals surface area contributed by atoms with E-state index in [1.807, 2.05) is 0 Å². The van der Waals surface area contributed by atoms with Gasteiger partial charge in [0, 0.05) is 19.2 Å². The maximum atomic E-state index is 13.7. The molecule has 0 spiro atoms. The zero-order valence-corrected chi connectivity index (χ0v) is 9.76. The Morgan fingerprint density at radius 2 is 2.21 bits per heavy atom. The molecule has 2 rings (SSSR count). The van der Waals surface area contributed by atoms with Crippen LogP contribution in [0.3, 0.4) is 0 Å². The molecule has 0 unspecified atom stereocenters. The summed E-state index contributed by atoms with van der Waals surface area (Å²) in [6, 6.07) is 2.81. The van der Waals surface area contributed by atoms with Crippen LogP contribution >= 0.6 is 0 Å². The summed E-state index contributed by atoms with van der Waals surface area (Å²) in [6.07, 6.45) is 0. The van der Waals surface area contributed by atoms with Crippen molar-refractivity contribution in [2.45, 2.75) is 0 Å². The molecule has 0 atom stereocenters. The molecular formula is C11H10FN3O4. The molecular weight excluding hydrogens is 257 g/mol. The van der Waals surface area contributed by atoms with E-state index in [1.54, 1.807) is 0 Å². The summed E-state index contributed by atoms with van der Waals surface area (Å²) >= 11 is 0. The maximum absolute atomic E-state index is 13.7. The molecule has 0 aliphatic carbocycles. The molecule has 0 saturated carbocycles. The normalized spacial score (nSPS) is 15.0. The van der Waals surface area contributed by atoms with Gasteiger partial charge in [-0.25, -0.2) is 4.39 Å². The molecule has 19 heavy (non-hydrogen) atoms. The van der Waals surface area contributed by atoms with Gasteiger partial charge in [0.1, 0.15) is 5.82 Å². The standard InChI is InChI=1S/C11H10FN3O4/c12-9-5-7(15(18)19)1-2-8(9)11(17)14-4-3-13-10(16)6-14/h1-2,5H,3-4,6H2,(H,13,16). The van der Waals surface area contributed by atoms with Crippen molar-refractivity contribution in [2.75, 3.05) is 19.6 Å². The van der Waals surface area contributed by atoms with Crippen LogP contribution in [0.4, 0.5) is 10.1 Å². The van der Waals surface area contributed by atoms with Crippen LogP contribution in [0.2, 0.25) is 0 Å². The van der Waals surface area contributed by atoms with Gasteiger partial charge in [-0.2, -0.15) is 0 Å². The highest BCUT2D eigenvalue weighted by atomic mass is 19.1. The molecule has 1 aliphatic heterocycles. The van der Waals surface area contributed by atoms with E-state index >= 15 is 0 Å². The van der Waals surface area contributed by atoms with E-state index in [1.165, 1.54) is 4.90 Å². The molecule has 0 bridgehead atoms. The van der Waals surface area contributed by atoms with Gasteiger partial charge in [0.15, 0.2) is 0 Å². The molecule has 1 aromatic rings. The predicted molar refractivity (Wildman–Crippen MR) is 62.0 cm³/mol. The lowest BCUT2D eigenvalue weighted by atomic mass is 10.1. The van der Waals surface area contributed by atoms with Crippen LogP contribution in [0.25, 0.3) is 0 Å². The third kappa shape index (κ3) is 2.67. The van der Waals surface area contributed by atoms with Crippen molar-refractivity contribution >= 4 is 17.5 Å². The summed E-state index contributed by atoms with van der Waals surface area (Å²) in [5.74, 6) is -1.94. The summed E-state index contributed by atoms with van der Waals surface area (Å²) in [4.78, 5) is 34.1. The molecule has 1 fully saturated rings. The Morgan fingerprint density at radius 1 is 1.47 bits per heavy atom. The number of amides is 2. The summed E-state index contributed by atoms with van der Waals surface area (Å²) in [5, 5.41) is 13.0. The number of benzene rings is 1.